The van der Waals surface area contributed by atoms with E-state index in [4.69, 9.17) is 4.74 Å². The Morgan fingerprint density at radius 1 is 1.10 bits per heavy atom. The second-order valence-electron chi connectivity index (χ2n) is 6.87. The molecule has 2 heterocycles. The molecule has 1 aromatic carbocycles. The smallest absolute Gasteiger partial charge is 0.251 e. The van der Waals surface area contributed by atoms with Gasteiger partial charge in [0, 0.05) is 51.1 Å². The predicted octanol–water partition coefficient (Wildman–Crippen LogP) is 2.63. The molecule has 0 fully saturated rings. The Balaban J connectivity index is 1.65. The van der Waals surface area contributed by atoms with E-state index in [0.29, 0.717) is 17.9 Å². The number of methoxy groups -OCH3 is 1. The minimum absolute atomic E-state index is 0.139. The lowest BCUT2D eigenvalue weighted by Gasteiger charge is -2.12. The van der Waals surface area contributed by atoms with Crippen LogP contribution in [-0.2, 0) is 6.42 Å². The first-order chi connectivity index (χ1) is 14.5. The first-order valence-corrected chi connectivity index (χ1v) is 9.60. The van der Waals surface area contributed by atoms with Crippen molar-refractivity contribution in [3.63, 3.8) is 0 Å². The number of carbonyl (C=O) groups excluding carboxylic acids is 1. The number of ether oxygens (including phenoxy) is 1. The first-order valence-electron chi connectivity index (χ1n) is 9.60. The molecule has 3 aromatic rings. The van der Waals surface area contributed by atoms with E-state index < -0.39 is 0 Å². The summed E-state index contributed by atoms with van der Waals surface area (Å²) in [7, 11) is 7.12. The van der Waals surface area contributed by atoms with Gasteiger partial charge in [0.1, 0.15) is 23.7 Å². The van der Waals surface area contributed by atoms with Crippen molar-refractivity contribution >= 4 is 17.5 Å². The van der Waals surface area contributed by atoms with Crippen molar-refractivity contribution in [3.8, 4) is 17.0 Å². The van der Waals surface area contributed by atoms with Crippen molar-refractivity contribution in [2.75, 3.05) is 45.0 Å². The fraction of sp³-hybridized carbons (Fsp3) is 0.273. The van der Waals surface area contributed by atoms with E-state index >= 15 is 0 Å². The molecule has 3 rings (SSSR count). The summed E-state index contributed by atoms with van der Waals surface area (Å²) in [5.41, 5.74) is 3.31. The maximum absolute atomic E-state index is 11.8. The number of nitrogens with zero attached hydrogens (tertiary/aromatic N) is 4. The van der Waals surface area contributed by atoms with Crippen LogP contribution < -0.4 is 20.3 Å². The van der Waals surface area contributed by atoms with Crippen LogP contribution in [-0.4, -0.2) is 55.7 Å². The fourth-order valence-corrected chi connectivity index (χ4v) is 2.98. The number of hydrogen-bond donors (Lipinski definition) is 2. The van der Waals surface area contributed by atoms with Crippen LogP contribution in [0.25, 0.3) is 11.3 Å². The van der Waals surface area contributed by atoms with Gasteiger partial charge in [-0.1, -0.05) is 6.07 Å². The van der Waals surface area contributed by atoms with Gasteiger partial charge in [0.25, 0.3) is 5.91 Å². The van der Waals surface area contributed by atoms with E-state index in [1.54, 1.807) is 32.5 Å². The molecule has 0 saturated carbocycles. The maximum Gasteiger partial charge on any atom is 0.251 e. The summed E-state index contributed by atoms with van der Waals surface area (Å²) in [6.45, 7) is 0.657. The van der Waals surface area contributed by atoms with Crippen molar-refractivity contribution in [2.24, 2.45) is 0 Å². The average Bonchev–Trinajstić information content (AvgIpc) is 2.79. The SMILES string of the molecule is CNC(=O)c1ccc(CCNc2cc(-c3ccc(N(C)C)nc3)ncn2)c(OC)c1. The molecule has 2 N–H and O–H groups in total. The third-order valence-corrected chi connectivity index (χ3v) is 4.65. The van der Waals surface area contributed by atoms with Gasteiger partial charge in [0.05, 0.1) is 12.8 Å². The van der Waals surface area contributed by atoms with Crippen LogP contribution in [0.15, 0.2) is 48.9 Å². The molecule has 0 spiro atoms. The second kappa shape index (κ2) is 9.69. The van der Waals surface area contributed by atoms with Gasteiger partial charge in [0.15, 0.2) is 0 Å². The Morgan fingerprint density at radius 2 is 1.93 bits per heavy atom. The summed E-state index contributed by atoms with van der Waals surface area (Å²) >= 11 is 0. The van der Waals surface area contributed by atoms with Crippen molar-refractivity contribution < 1.29 is 9.53 Å². The minimum atomic E-state index is -0.139. The molecule has 0 radical (unpaired) electrons. The summed E-state index contributed by atoms with van der Waals surface area (Å²) < 4.78 is 5.44. The monoisotopic (exact) mass is 406 g/mol. The van der Waals surface area contributed by atoms with Gasteiger partial charge in [-0.25, -0.2) is 15.0 Å². The lowest BCUT2D eigenvalue weighted by molar-refractivity contribution is 0.0962. The number of carbonyl (C=O) groups is 1. The van der Waals surface area contributed by atoms with Crippen molar-refractivity contribution in [1.82, 2.24) is 20.3 Å². The highest BCUT2D eigenvalue weighted by molar-refractivity contribution is 5.94. The molecule has 0 saturated heterocycles. The highest BCUT2D eigenvalue weighted by Gasteiger charge is 2.09. The zero-order chi connectivity index (χ0) is 21.5. The van der Waals surface area contributed by atoms with E-state index in [2.05, 4.69) is 25.6 Å². The Labute approximate surface area is 176 Å². The first kappa shape index (κ1) is 21.0. The maximum atomic E-state index is 11.8. The zero-order valence-electron chi connectivity index (χ0n) is 17.6. The molecule has 2 aromatic heterocycles. The molecule has 0 atom stereocenters. The molecule has 0 aliphatic rings. The lowest BCUT2D eigenvalue weighted by atomic mass is 10.1. The Bertz CT molecular complexity index is 1000. The molecule has 8 nitrogen and oxygen atoms in total. The van der Waals surface area contributed by atoms with Gasteiger partial charge < -0.3 is 20.3 Å². The summed E-state index contributed by atoms with van der Waals surface area (Å²) in [6.07, 6.45) is 4.06. The number of rotatable bonds is 8. The van der Waals surface area contributed by atoms with Gasteiger partial charge in [-0.05, 0) is 36.2 Å². The van der Waals surface area contributed by atoms with E-state index in [9.17, 15) is 4.79 Å². The van der Waals surface area contributed by atoms with E-state index in [1.165, 1.54) is 6.33 Å². The highest BCUT2D eigenvalue weighted by Crippen LogP contribution is 2.22. The van der Waals surface area contributed by atoms with Crippen LogP contribution in [0.4, 0.5) is 11.6 Å². The van der Waals surface area contributed by atoms with Gasteiger partial charge >= 0.3 is 0 Å². The Morgan fingerprint density at radius 3 is 2.60 bits per heavy atom. The minimum Gasteiger partial charge on any atom is -0.496 e. The van der Waals surface area contributed by atoms with Gasteiger partial charge in [-0.2, -0.15) is 0 Å². The fourth-order valence-electron chi connectivity index (χ4n) is 2.98. The van der Waals surface area contributed by atoms with Crippen molar-refractivity contribution in [3.05, 3.63) is 60.0 Å². The van der Waals surface area contributed by atoms with Crippen LogP contribution in [0.1, 0.15) is 15.9 Å². The number of pyridine rings is 1. The molecule has 156 valence electrons. The number of anilines is 2. The third kappa shape index (κ3) is 5.02. The Hall–Kier alpha value is -3.68. The lowest BCUT2D eigenvalue weighted by Crippen LogP contribution is -2.18. The number of amides is 1. The predicted molar refractivity (Wildman–Crippen MR) is 118 cm³/mol. The molecular weight excluding hydrogens is 380 g/mol. The van der Waals surface area contributed by atoms with Crippen molar-refractivity contribution in [1.29, 1.82) is 0 Å². The molecule has 8 heteroatoms. The summed E-state index contributed by atoms with van der Waals surface area (Å²) in [5, 5.41) is 5.93. The van der Waals surface area contributed by atoms with E-state index in [1.807, 2.05) is 43.3 Å². The summed E-state index contributed by atoms with van der Waals surface area (Å²) in [5.74, 6) is 2.17. The second-order valence-corrected chi connectivity index (χ2v) is 6.87. The van der Waals surface area contributed by atoms with Crippen LogP contribution in [0.5, 0.6) is 5.75 Å². The molecule has 0 bridgehead atoms. The Kier molecular flexibility index (Phi) is 6.79. The summed E-state index contributed by atoms with van der Waals surface area (Å²) in [4.78, 5) is 26.8. The topological polar surface area (TPSA) is 92.3 Å². The molecule has 0 aliphatic carbocycles. The van der Waals surface area contributed by atoms with Crippen LogP contribution in [0.2, 0.25) is 0 Å². The van der Waals surface area contributed by atoms with Crippen LogP contribution in [0, 0.1) is 0 Å². The standard InChI is InChI=1S/C22H26N6O2/c1-23-22(29)16-6-5-15(19(11-16)30-4)9-10-24-20-12-18(26-14-27-20)17-7-8-21(25-13-17)28(2)3/h5-8,11-14H,9-10H2,1-4H3,(H,23,29)(H,24,26,27). The van der Waals surface area contributed by atoms with Gasteiger partial charge in [0.2, 0.25) is 0 Å². The number of benzene rings is 1. The zero-order valence-corrected chi connectivity index (χ0v) is 17.6. The molecule has 0 aliphatic heterocycles. The van der Waals surface area contributed by atoms with Gasteiger partial charge in [-0.15, -0.1) is 0 Å². The quantitative estimate of drug-likeness (QED) is 0.594. The molecule has 1 amide bonds. The molecular formula is C22H26N6O2. The van der Waals surface area contributed by atoms with E-state index in [0.717, 1.165) is 34.9 Å². The van der Waals surface area contributed by atoms with E-state index in [-0.39, 0.29) is 5.91 Å². The number of hydrogen-bond acceptors (Lipinski definition) is 7. The number of aromatic nitrogens is 3. The molecule has 0 unspecified atom stereocenters. The largest absolute Gasteiger partial charge is 0.496 e. The summed E-state index contributed by atoms with van der Waals surface area (Å²) in [6, 6.07) is 11.3. The third-order valence-electron chi connectivity index (χ3n) is 4.65. The normalized spacial score (nSPS) is 10.4. The van der Waals surface area contributed by atoms with Gasteiger partial charge in [-0.3, -0.25) is 4.79 Å². The average molecular weight is 406 g/mol. The highest BCUT2D eigenvalue weighted by atomic mass is 16.5. The van der Waals surface area contributed by atoms with Crippen molar-refractivity contribution in [2.45, 2.75) is 6.42 Å². The van der Waals surface area contributed by atoms with Crippen LogP contribution in [0.3, 0.4) is 0 Å². The number of nitrogens with one attached hydrogen (secondary N) is 2. The van der Waals surface area contributed by atoms with Crippen LogP contribution >= 0.6 is 0 Å². The molecule has 30 heavy (non-hydrogen) atoms.